The number of halogens is 2. The largest absolute Gasteiger partial charge is 0.494 e. The molecular weight excluding hydrogens is 463 g/mol. The summed E-state index contributed by atoms with van der Waals surface area (Å²) < 4.78 is 6.80. The quantitative estimate of drug-likeness (QED) is 0.475. The Kier molecular flexibility index (Phi) is 7.16. The Hall–Kier alpha value is -3.27. The first-order valence-corrected chi connectivity index (χ1v) is 10.9. The first-order valence-electron chi connectivity index (χ1n) is 10.1. The molecule has 0 spiro atoms. The smallest absolute Gasteiger partial charge is 0.271 e. The van der Waals surface area contributed by atoms with Gasteiger partial charge >= 0.3 is 0 Å². The molecular formula is C25H22Cl2N2O4. The maximum atomic E-state index is 13.3. The molecule has 8 heteroatoms. The molecule has 3 rings (SSSR count). The number of Topliss-reactive ketones (excluding diaryl/α,β-unsaturated/α-hetero) is 1. The molecule has 3 aromatic rings. The van der Waals surface area contributed by atoms with E-state index in [1.807, 2.05) is 19.9 Å². The van der Waals surface area contributed by atoms with E-state index in [4.69, 9.17) is 27.9 Å². The molecule has 2 aromatic carbocycles. The first-order chi connectivity index (χ1) is 15.6. The SMILES string of the molecule is Cc1cc(OC(C)C(=O)c2c(C)c(C#N)c(=O)n(Cc3ccccc3Cl)c2O)cc(C)c1Cl. The van der Waals surface area contributed by atoms with Gasteiger partial charge in [-0.2, -0.15) is 5.26 Å². The number of hydrogen-bond donors (Lipinski definition) is 1. The normalized spacial score (nSPS) is 11.7. The van der Waals surface area contributed by atoms with Crippen LogP contribution in [0.15, 0.2) is 41.2 Å². The van der Waals surface area contributed by atoms with Crippen LogP contribution in [0.25, 0.3) is 0 Å². The van der Waals surface area contributed by atoms with Gasteiger partial charge in [0.1, 0.15) is 17.4 Å². The monoisotopic (exact) mass is 484 g/mol. The zero-order valence-electron chi connectivity index (χ0n) is 18.6. The van der Waals surface area contributed by atoms with Crippen LogP contribution in [-0.4, -0.2) is 21.6 Å². The third kappa shape index (κ3) is 4.75. The van der Waals surface area contributed by atoms with Crippen molar-refractivity contribution < 1.29 is 14.6 Å². The van der Waals surface area contributed by atoms with Gasteiger partial charge in [0.15, 0.2) is 6.10 Å². The molecule has 1 unspecified atom stereocenters. The molecule has 6 nitrogen and oxygen atoms in total. The van der Waals surface area contributed by atoms with E-state index in [1.54, 1.807) is 36.4 Å². The van der Waals surface area contributed by atoms with E-state index in [0.29, 0.717) is 21.4 Å². The van der Waals surface area contributed by atoms with E-state index in [2.05, 4.69) is 0 Å². The molecule has 0 aliphatic rings. The highest BCUT2D eigenvalue weighted by Gasteiger charge is 2.28. The molecule has 1 N–H and O–H groups in total. The van der Waals surface area contributed by atoms with Gasteiger partial charge in [-0.15, -0.1) is 0 Å². The molecule has 0 saturated carbocycles. The number of hydrogen-bond acceptors (Lipinski definition) is 5. The highest BCUT2D eigenvalue weighted by atomic mass is 35.5. The number of pyridine rings is 1. The standard InChI is InChI=1S/C25H22Cl2N2O4/c1-13-9-18(10-14(2)22(13)27)33-16(4)23(30)21-15(3)19(11-28)24(31)29(25(21)32)12-17-7-5-6-8-20(17)26/h5-10,16,32H,12H2,1-4H3. The molecule has 0 fully saturated rings. The Balaban J connectivity index is 2.06. The second-order valence-corrected chi connectivity index (χ2v) is 8.57. The number of ether oxygens (including phenoxy) is 1. The van der Waals surface area contributed by atoms with Crippen molar-refractivity contribution in [3.63, 3.8) is 0 Å². The summed E-state index contributed by atoms with van der Waals surface area (Å²) in [5.74, 6) is -0.669. The number of aryl methyl sites for hydroxylation is 2. The highest BCUT2D eigenvalue weighted by molar-refractivity contribution is 6.32. The topological polar surface area (TPSA) is 92.3 Å². The van der Waals surface area contributed by atoms with Crippen LogP contribution in [0.1, 0.15) is 45.1 Å². The van der Waals surface area contributed by atoms with Gasteiger partial charge in [-0.3, -0.25) is 14.2 Å². The minimum Gasteiger partial charge on any atom is -0.494 e. The minimum absolute atomic E-state index is 0.0966. The Labute approximate surface area is 201 Å². The van der Waals surface area contributed by atoms with Gasteiger partial charge in [0.25, 0.3) is 5.56 Å². The van der Waals surface area contributed by atoms with Gasteiger partial charge in [-0.25, -0.2) is 0 Å². The van der Waals surface area contributed by atoms with Crippen LogP contribution in [0.5, 0.6) is 11.6 Å². The van der Waals surface area contributed by atoms with Gasteiger partial charge in [0.05, 0.1) is 12.1 Å². The molecule has 0 aliphatic carbocycles. The maximum Gasteiger partial charge on any atom is 0.271 e. The highest BCUT2D eigenvalue weighted by Crippen LogP contribution is 2.29. The molecule has 0 aliphatic heterocycles. The van der Waals surface area contributed by atoms with E-state index >= 15 is 0 Å². The zero-order chi connectivity index (χ0) is 24.4. The Morgan fingerprint density at radius 2 is 1.79 bits per heavy atom. The van der Waals surface area contributed by atoms with Crippen LogP contribution in [-0.2, 0) is 6.54 Å². The van der Waals surface area contributed by atoms with Crippen LogP contribution >= 0.6 is 23.2 Å². The average Bonchev–Trinajstić information content (AvgIpc) is 2.76. The van der Waals surface area contributed by atoms with Crippen molar-refractivity contribution >= 4 is 29.0 Å². The van der Waals surface area contributed by atoms with Crippen molar-refractivity contribution in [2.45, 2.75) is 40.3 Å². The van der Waals surface area contributed by atoms with Gasteiger partial charge in [-0.05, 0) is 68.1 Å². The van der Waals surface area contributed by atoms with E-state index in [-0.39, 0.29) is 23.2 Å². The Morgan fingerprint density at radius 3 is 2.36 bits per heavy atom. The number of aromatic nitrogens is 1. The summed E-state index contributed by atoms with van der Waals surface area (Å²) in [6.45, 7) is 6.54. The van der Waals surface area contributed by atoms with Crippen LogP contribution in [0, 0.1) is 32.1 Å². The van der Waals surface area contributed by atoms with Gasteiger partial charge in [0.2, 0.25) is 11.7 Å². The summed E-state index contributed by atoms with van der Waals surface area (Å²) in [7, 11) is 0. The summed E-state index contributed by atoms with van der Waals surface area (Å²) in [6, 6.07) is 12.1. The van der Waals surface area contributed by atoms with E-state index in [1.165, 1.54) is 13.8 Å². The number of ketones is 1. The van der Waals surface area contributed by atoms with Gasteiger partial charge in [0, 0.05) is 10.0 Å². The van der Waals surface area contributed by atoms with Crippen molar-refractivity contribution in [3.05, 3.63) is 90.2 Å². The molecule has 1 atom stereocenters. The number of benzene rings is 2. The third-order valence-corrected chi connectivity index (χ3v) is 6.39. The summed E-state index contributed by atoms with van der Waals surface area (Å²) >= 11 is 12.4. The number of nitriles is 1. The van der Waals surface area contributed by atoms with Crippen molar-refractivity contribution in [2.24, 2.45) is 0 Å². The molecule has 170 valence electrons. The fourth-order valence-electron chi connectivity index (χ4n) is 3.62. The van der Waals surface area contributed by atoms with Crippen LogP contribution in [0.2, 0.25) is 10.0 Å². The van der Waals surface area contributed by atoms with E-state index in [9.17, 15) is 20.0 Å². The van der Waals surface area contributed by atoms with Crippen molar-refractivity contribution in [3.8, 4) is 17.7 Å². The van der Waals surface area contributed by atoms with Crippen molar-refractivity contribution in [2.75, 3.05) is 0 Å². The lowest BCUT2D eigenvalue weighted by Crippen LogP contribution is -2.31. The summed E-state index contributed by atoms with van der Waals surface area (Å²) in [4.78, 5) is 26.2. The van der Waals surface area contributed by atoms with E-state index in [0.717, 1.165) is 15.7 Å². The predicted molar refractivity (Wildman–Crippen MR) is 128 cm³/mol. The number of carbonyl (C=O) groups excluding carboxylic acids is 1. The van der Waals surface area contributed by atoms with Crippen LogP contribution in [0.3, 0.4) is 0 Å². The number of rotatable bonds is 6. The summed E-state index contributed by atoms with van der Waals surface area (Å²) in [5, 5.41) is 21.5. The zero-order valence-corrected chi connectivity index (χ0v) is 20.1. The van der Waals surface area contributed by atoms with Crippen LogP contribution in [0.4, 0.5) is 0 Å². The number of nitrogens with zero attached hydrogens (tertiary/aromatic N) is 2. The average molecular weight is 485 g/mol. The van der Waals surface area contributed by atoms with Crippen molar-refractivity contribution in [1.82, 2.24) is 4.57 Å². The summed E-state index contributed by atoms with van der Waals surface area (Å²) in [5.41, 5.74) is 1.16. The van der Waals surface area contributed by atoms with Gasteiger partial charge < -0.3 is 9.84 Å². The second kappa shape index (κ2) is 9.70. The van der Waals surface area contributed by atoms with E-state index < -0.39 is 23.3 Å². The Bertz CT molecular complexity index is 1330. The van der Waals surface area contributed by atoms with Crippen LogP contribution < -0.4 is 10.3 Å². The number of carbonyl (C=O) groups is 1. The lowest BCUT2D eigenvalue weighted by Gasteiger charge is -2.20. The minimum atomic E-state index is -1.01. The van der Waals surface area contributed by atoms with Crippen molar-refractivity contribution in [1.29, 1.82) is 5.26 Å². The first kappa shape index (κ1) is 24.4. The second-order valence-electron chi connectivity index (χ2n) is 7.79. The fraction of sp³-hybridized carbons (Fsp3) is 0.240. The molecule has 0 amide bonds. The lowest BCUT2D eigenvalue weighted by atomic mass is 9.99. The molecule has 1 aromatic heterocycles. The molecule has 0 bridgehead atoms. The molecule has 0 radical (unpaired) electrons. The third-order valence-electron chi connectivity index (χ3n) is 5.42. The summed E-state index contributed by atoms with van der Waals surface area (Å²) in [6.07, 6.45) is -1.01. The lowest BCUT2D eigenvalue weighted by molar-refractivity contribution is 0.0812. The fourth-order valence-corrected chi connectivity index (χ4v) is 3.93. The molecule has 0 saturated heterocycles. The predicted octanol–water partition coefficient (Wildman–Crippen LogP) is 5.36. The molecule has 1 heterocycles. The maximum absolute atomic E-state index is 13.3. The Morgan fingerprint density at radius 1 is 1.18 bits per heavy atom. The number of aromatic hydroxyl groups is 1. The molecule has 33 heavy (non-hydrogen) atoms. The van der Waals surface area contributed by atoms with Gasteiger partial charge in [-0.1, -0.05) is 41.4 Å².